The number of benzene rings is 1. The van der Waals surface area contributed by atoms with Crippen LogP contribution in [-0.4, -0.2) is 13.1 Å². The van der Waals surface area contributed by atoms with E-state index >= 15 is 0 Å². The molecule has 2 aromatic rings. The molecule has 1 aromatic heterocycles. The molecule has 1 aliphatic heterocycles. The predicted octanol–water partition coefficient (Wildman–Crippen LogP) is 5.41. The Morgan fingerprint density at radius 3 is 2.57 bits per heavy atom. The molecule has 5 heteroatoms. The molecule has 1 aliphatic rings. The third kappa shape index (κ3) is 3.64. The highest BCUT2D eigenvalue weighted by Gasteiger charge is 2.14. The first kappa shape index (κ1) is 15.0. The summed E-state index contributed by atoms with van der Waals surface area (Å²) in [6.45, 7) is 2.97. The number of nitrogens with one attached hydrogen (secondary N) is 1. The van der Waals surface area contributed by atoms with E-state index in [2.05, 4.69) is 66.3 Å². The fraction of sp³-hybridized carbons (Fsp3) is 0.375. The van der Waals surface area contributed by atoms with Crippen LogP contribution in [-0.2, 0) is 6.54 Å². The lowest BCUT2D eigenvalue weighted by atomic mass is 10.1. The highest BCUT2D eigenvalue weighted by molar-refractivity contribution is 9.13. The van der Waals surface area contributed by atoms with Crippen molar-refractivity contribution in [1.82, 2.24) is 0 Å². The Labute approximate surface area is 142 Å². The van der Waals surface area contributed by atoms with Gasteiger partial charge in [0.05, 0.1) is 22.4 Å². The number of furan rings is 1. The van der Waals surface area contributed by atoms with Gasteiger partial charge in [-0.25, -0.2) is 0 Å². The van der Waals surface area contributed by atoms with Crippen LogP contribution in [0.25, 0.3) is 0 Å². The minimum absolute atomic E-state index is 0.676. The van der Waals surface area contributed by atoms with E-state index in [0.29, 0.717) is 6.54 Å². The highest BCUT2D eigenvalue weighted by atomic mass is 79.9. The van der Waals surface area contributed by atoms with Gasteiger partial charge in [-0.1, -0.05) is 12.1 Å². The van der Waals surface area contributed by atoms with E-state index in [1.807, 2.05) is 6.07 Å². The summed E-state index contributed by atoms with van der Waals surface area (Å²) in [5.74, 6) is 0.905. The topological polar surface area (TPSA) is 28.4 Å². The minimum atomic E-state index is 0.676. The maximum Gasteiger partial charge on any atom is 0.183 e. The van der Waals surface area contributed by atoms with Crippen LogP contribution >= 0.6 is 31.9 Å². The SMILES string of the molecule is Brc1cc(CNc2ccccc2N2CCCCC2)oc1Br. The molecular weight excluding hydrogens is 396 g/mol. The molecule has 3 nitrogen and oxygen atoms in total. The molecule has 0 unspecified atom stereocenters. The van der Waals surface area contributed by atoms with Crippen LogP contribution in [0.3, 0.4) is 0 Å². The highest BCUT2D eigenvalue weighted by Crippen LogP contribution is 2.30. The molecule has 0 bridgehead atoms. The Kier molecular flexibility index (Phi) is 4.91. The molecule has 1 fully saturated rings. The normalized spacial score (nSPS) is 15.2. The number of hydrogen-bond acceptors (Lipinski definition) is 3. The molecule has 3 rings (SSSR count). The lowest BCUT2D eigenvalue weighted by Gasteiger charge is -2.30. The van der Waals surface area contributed by atoms with Gasteiger partial charge in [0.25, 0.3) is 0 Å². The molecule has 0 radical (unpaired) electrons. The molecule has 0 saturated carbocycles. The Morgan fingerprint density at radius 2 is 1.86 bits per heavy atom. The van der Waals surface area contributed by atoms with E-state index in [-0.39, 0.29) is 0 Å². The molecule has 0 aliphatic carbocycles. The Bertz CT molecular complexity index is 587. The van der Waals surface area contributed by atoms with Crippen LogP contribution in [0.4, 0.5) is 11.4 Å². The number of halogens is 2. The van der Waals surface area contributed by atoms with Gasteiger partial charge in [-0.15, -0.1) is 0 Å². The summed E-state index contributed by atoms with van der Waals surface area (Å²) in [5, 5.41) is 3.49. The van der Waals surface area contributed by atoms with Gasteiger partial charge in [-0.05, 0) is 69.3 Å². The molecule has 2 heterocycles. The molecule has 1 saturated heterocycles. The van der Waals surface area contributed by atoms with Crippen LogP contribution < -0.4 is 10.2 Å². The summed E-state index contributed by atoms with van der Waals surface area (Å²) in [5.41, 5.74) is 2.46. The minimum Gasteiger partial charge on any atom is -0.451 e. The van der Waals surface area contributed by atoms with Crippen LogP contribution in [0.5, 0.6) is 0 Å². The monoisotopic (exact) mass is 412 g/mol. The Morgan fingerprint density at radius 1 is 1.10 bits per heavy atom. The second-order valence-electron chi connectivity index (χ2n) is 5.25. The van der Waals surface area contributed by atoms with E-state index < -0.39 is 0 Å². The van der Waals surface area contributed by atoms with Crippen LogP contribution in [0.1, 0.15) is 25.0 Å². The smallest absolute Gasteiger partial charge is 0.183 e. The van der Waals surface area contributed by atoms with Crippen LogP contribution in [0.2, 0.25) is 0 Å². The van der Waals surface area contributed by atoms with Crippen LogP contribution in [0, 0.1) is 0 Å². The molecule has 0 atom stereocenters. The molecular formula is C16H18Br2N2O. The number of nitrogens with zero attached hydrogens (tertiary/aromatic N) is 1. The first-order chi connectivity index (χ1) is 10.2. The second kappa shape index (κ2) is 6.88. The second-order valence-corrected chi connectivity index (χ2v) is 6.83. The van der Waals surface area contributed by atoms with Gasteiger partial charge >= 0.3 is 0 Å². The van der Waals surface area contributed by atoms with Gasteiger partial charge in [0, 0.05) is 13.1 Å². The maximum absolute atomic E-state index is 5.62. The van der Waals surface area contributed by atoms with Crippen molar-refractivity contribution in [2.75, 3.05) is 23.3 Å². The van der Waals surface area contributed by atoms with Crippen molar-refractivity contribution in [1.29, 1.82) is 0 Å². The van der Waals surface area contributed by atoms with E-state index in [0.717, 1.165) is 28.0 Å². The largest absolute Gasteiger partial charge is 0.451 e. The number of anilines is 2. The van der Waals surface area contributed by atoms with E-state index in [4.69, 9.17) is 4.42 Å². The quantitative estimate of drug-likeness (QED) is 0.726. The average Bonchev–Trinajstić information content (AvgIpc) is 2.85. The van der Waals surface area contributed by atoms with E-state index in [1.54, 1.807) is 0 Å². The zero-order valence-corrected chi connectivity index (χ0v) is 14.9. The van der Waals surface area contributed by atoms with E-state index in [1.165, 1.54) is 30.6 Å². The van der Waals surface area contributed by atoms with Gasteiger partial charge in [0.2, 0.25) is 0 Å². The zero-order valence-electron chi connectivity index (χ0n) is 11.7. The lowest BCUT2D eigenvalue weighted by molar-refractivity contribution is 0.494. The van der Waals surface area contributed by atoms with Crippen molar-refractivity contribution in [3.63, 3.8) is 0 Å². The summed E-state index contributed by atoms with van der Waals surface area (Å²) in [4.78, 5) is 2.47. The number of hydrogen-bond donors (Lipinski definition) is 1. The lowest BCUT2D eigenvalue weighted by Crippen LogP contribution is -2.30. The van der Waals surface area contributed by atoms with E-state index in [9.17, 15) is 0 Å². The first-order valence-corrected chi connectivity index (χ1v) is 8.84. The number of para-hydroxylation sites is 2. The van der Waals surface area contributed by atoms with Crippen molar-refractivity contribution in [3.05, 3.63) is 45.2 Å². The Balaban J connectivity index is 1.72. The van der Waals surface area contributed by atoms with Crippen molar-refractivity contribution in [2.24, 2.45) is 0 Å². The summed E-state index contributed by atoms with van der Waals surface area (Å²) in [6.07, 6.45) is 3.92. The van der Waals surface area contributed by atoms with Crippen LogP contribution in [0.15, 0.2) is 43.9 Å². The third-order valence-corrected chi connectivity index (χ3v) is 5.46. The van der Waals surface area contributed by atoms with Gasteiger partial charge in [-0.3, -0.25) is 0 Å². The molecule has 21 heavy (non-hydrogen) atoms. The molecule has 112 valence electrons. The number of rotatable bonds is 4. The fourth-order valence-electron chi connectivity index (χ4n) is 2.69. The summed E-state index contributed by atoms with van der Waals surface area (Å²) < 4.78 is 7.30. The first-order valence-electron chi connectivity index (χ1n) is 7.25. The standard InChI is InChI=1S/C16H18Br2N2O/c17-13-10-12(21-16(13)18)11-19-14-6-2-3-7-15(14)20-8-4-1-5-9-20/h2-3,6-7,10,19H,1,4-5,8-9,11H2. The van der Waals surface area contributed by atoms with Gasteiger partial charge in [-0.2, -0.15) is 0 Å². The molecule has 1 N–H and O–H groups in total. The summed E-state index contributed by atoms with van der Waals surface area (Å²) in [6, 6.07) is 10.5. The maximum atomic E-state index is 5.62. The average molecular weight is 414 g/mol. The molecule has 0 spiro atoms. The molecule has 0 amide bonds. The fourth-order valence-corrected chi connectivity index (χ4v) is 3.35. The summed E-state index contributed by atoms with van der Waals surface area (Å²) >= 11 is 6.81. The molecule has 1 aromatic carbocycles. The van der Waals surface area contributed by atoms with Crippen molar-refractivity contribution < 1.29 is 4.42 Å². The Hall–Kier alpha value is -0.940. The van der Waals surface area contributed by atoms with Crippen molar-refractivity contribution in [3.8, 4) is 0 Å². The predicted molar refractivity (Wildman–Crippen MR) is 93.9 cm³/mol. The zero-order chi connectivity index (χ0) is 14.7. The van der Waals surface area contributed by atoms with Crippen molar-refractivity contribution in [2.45, 2.75) is 25.8 Å². The summed E-state index contributed by atoms with van der Waals surface area (Å²) in [7, 11) is 0. The van der Waals surface area contributed by atoms with Gasteiger partial charge in [0.15, 0.2) is 4.67 Å². The van der Waals surface area contributed by atoms with Gasteiger partial charge < -0.3 is 14.6 Å². The van der Waals surface area contributed by atoms with Gasteiger partial charge in [0.1, 0.15) is 5.76 Å². The number of piperidine rings is 1. The van der Waals surface area contributed by atoms with Crippen molar-refractivity contribution >= 4 is 43.2 Å². The third-order valence-electron chi connectivity index (χ3n) is 3.75.